The molecule has 0 spiro atoms. The highest BCUT2D eigenvalue weighted by Crippen LogP contribution is 2.35. The van der Waals surface area contributed by atoms with E-state index in [2.05, 4.69) is 15.8 Å². The maximum Gasteiger partial charge on any atom is 0.291 e. The maximum atomic E-state index is 13.4. The number of nitrogens with one attached hydrogen (secondary N) is 2. The van der Waals surface area contributed by atoms with Crippen LogP contribution in [0.4, 0.5) is 10.1 Å². The van der Waals surface area contributed by atoms with Gasteiger partial charge in [-0.25, -0.2) is 9.82 Å². The van der Waals surface area contributed by atoms with E-state index >= 15 is 0 Å². The molecule has 0 saturated heterocycles. The number of nitrogens with zero attached hydrogens (tertiary/aromatic N) is 1. The minimum atomic E-state index is -0.492. The summed E-state index contributed by atoms with van der Waals surface area (Å²) < 4.78 is 19.3. The third-order valence-corrected chi connectivity index (χ3v) is 6.28. The number of anilines is 1. The Bertz CT molecular complexity index is 1380. The number of aryl methyl sites for hydroxylation is 1. The number of hydrogen-bond donors (Lipinski definition) is 2. The molecule has 2 N–H and O–H groups in total. The van der Waals surface area contributed by atoms with Gasteiger partial charge in [0.25, 0.3) is 11.8 Å². The number of amides is 2. The van der Waals surface area contributed by atoms with Gasteiger partial charge in [-0.1, -0.05) is 23.7 Å². The quantitative estimate of drug-likeness (QED) is 0.277. The second-order valence-electron chi connectivity index (χ2n) is 6.97. The number of benzene rings is 2. The summed E-state index contributed by atoms with van der Waals surface area (Å²) in [4.78, 5) is 25.1. The zero-order valence-corrected chi connectivity index (χ0v) is 18.6. The van der Waals surface area contributed by atoms with Gasteiger partial charge in [0.1, 0.15) is 16.5 Å². The minimum absolute atomic E-state index is 0.214. The van der Waals surface area contributed by atoms with Gasteiger partial charge in [-0.2, -0.15) is 5.10 Å². The fourth-order valence-electron chi connectivity index (χ4n) is 3.01. The first-order valence-electron chi connectivity index (χ1n) is 9.52. The molecule has 2 heterocycles. The molecule has 0 atom stereocenters. The SMILES string of the molecule is C/C(=N\NC(=O)c1sc2cc(F)ccc2c1Cl)c1cccc(NC(=O)c2ccc(C)o2)c1. The van der Waals surface area contributed by atoms with E-state index in [1.54, 1.807) is 56.3 Å². The topological polar surface area (TPSA) is 83.7 Å². The van der Waals surface area contributed by atoms with E-state index in [0.717, 1.165) is 11.3 Å². The number of hydrazone groups is 1. The Morgan fingerprint density at radius 1 is 1.09 bits per heavy atom. The predicted molar refractivity (Wildman–Crippen MR) is 124 cm³/mol. The van der Waals surface area contributed by atoms with E-state index in [0.29, 0.717) is 32.8 Å². The average molecular weight is 470 g/mol. The van der Waals surface area contributed by atoms with Crippen molar-refractivity contribution in [2.75, 3.05) is 5.32 Å². The predicted octanol–water partition coefficient (Wildman–Crippen LogP) is 6.00. The van der Waals surface area contributed by atoms with Gasteiger partial charge in [-0.15, -0.1) is 11.3 Å². The van der Waals surface area contributed by atoms with Gasteiger partial charge in [0.2, 0.25) is 0 Å². The van der Waals surface area contributed by atoms with Crippen LogP contribution < -0.4 is 10.7 Å². The smallest absolute Gasteiger partial charge is 0.291 e. The van der Waals surface area contributed by atoms with Crippen LogP contribution in [0.5, 0.6) is 0 Å². The number of furan rings is 1. The molecule has 0 radical (unpaired) electrons. The van der Waals surface area contributed by atoms with Crippen molar-refractivity contribution in [2.45, 2.75) is 13.8 Å². The largest absolute Gasteiger partial charge is 0.456 e. The first kappa shape index (κ1) is 21.7. The van der Waals surface area contributed by atoms with Gasteiger partial charge in [0, 0.05) is 15.8 Å². The highest BCUT2D eigenvalue weighted by Gasteiger charge is 2.17. The Kier molecular flexibility index (Phi) is 6.07. The molecule has 32 heavy (non-hydrogen) atoms. The van der Waals surface area contributed by atoms with Crippen molar-refractivity contribution in [3.63, 3.8) is 0 Å². The summed E-state index contributed by atoms with van der Waals surface area (Å²) >= 11 is 7.38. The van der Waals surface area contributed by atoms with Gasteiger partial charge < -0.3 is 9.73 Å². The van der Waals surface area contributed by atoms with Crippen molar-refractivity contribution in [1.29, 1.82) is 0 Å². The Morgan fingerprint density at radius 3 is 2.66 bits per heavy atom. The fraction of sp³-hybridized carbons (Fsp3) is 0.0870. The standard InChI is InChI=1S/C23H17ClFN3O3S/c1-12-6-9-18(31-12)22(29)26-16-5-3-4-14(10-16)13(2)27-28-23(30)21-20(24)17-8-7-15(25)11-19(17)32-21/h3-11H,1-2H3,(H,26,29)(H,28,30)/b27-13+. The molecule has 2 aromatic heterocycles. The fourth-order valence-corrected chi connectivity index (χ4v) is 4.44. The van der Waals surface area contributed by atoms with Crippen LogP contribution in [0.2, 0.25) is 5.02 Å². The molecule has 0 fully saturated rings. The Balaban J connectivity index is 1.48. The summed E-state index contributed by atoms with van der Waals surface area (Å²) in [6.45, 7) is 3.48. The molecule has 6 nitrogen and oxygen atoms in total. The van der Waals surface area contributed by atoms with Crippen molar-refractivity contribution < 1.29 is 18.4 Å². The highest BCUT2D eigenvalue weighted by molar-refractivity contribution is 7.21. The van der Waals surface area contributed by atoms with Crippen LogP contribution in [0.15, 0.2) is 64.1 Å². The van der Waals surface area contributed by atoms with Crippen molar-refractivity contribution in [3.05, 3.63) is 87.4 Å². The zero-order valence-electron chi connectivity index (χ0n) is 17.0. The number of fused-ring (bicyclic) bond motifs is 1. The summed E-state index contributed by atoms with van der Waals surface area (Å²) in [5.41, 5.74) is 4.25. The number of hydrogen-bond acceptors (Lipinski definition) is 5. The first-order chi connectivity index (χ1) is 15.3. The lowest BCUT2D eigenvalue weighted by molar-refractivity contribution is 0.0957. The molecule has 0 aliphatic rings. The Hall–Kier alpha value is -3.49. The van der Waals surface area contributed by atoms with E-state index in [4.69, 9.17) is 16.0 Å². The molecular formula is C23H17ClFN3O3S. The lowest BCUT2D eigenvalue weighted by atomic mass is 10.1. The second kappa shape index (κ2) is 8.94. The lowest BCUT2D eigenvalue weighted by Gasteiger charge is -2.07. The summed E-state index contributed by atoms with van der Waals surface area (Å²) in [5, 5.41) is 7.77. The number of thiophene rings is 1. The third kappa shape index (κ3) is 4.56. The molecule has 2 aromatic carbocycles. The summed E-state index contributed by atoms with van der Waals surface area (Å²) in [6.07, 6.45) is 0. The average Bonchev–Trinajstić information content (AvgIpc) is 3.35. The number of carbonyl (C=O) groups is 2. The Morgan fingerprint density at radius 2 is 1.91 bits per heavy atom. The lowest BCUT2D eigenvalue weighted by Crippen LogP contribution is -2.18. The highest BCUT2D eigenvalue weighted by atomic mass is 35.5. The van der Waals surface area contributed by atoms with Crippen LogP contribution >= 0.6 is 22.9 Å². The molecule has 0 unspecified atom stereocenters. The van der Waals surface area contributed by atoms with Crippen LogP contribution in [0.25, 0.3) is 10.1 Å². The maximum absolute atomic E-state index is 13.4. The van der Waals surface area contributed by atoms with Crippen LogP contribution in [0, 0.1) is 12.7 Å². The molecule has 0 aliphatic carbocycles. The van der Waals surface area contributed by atoms with Crippen LogP contribution in [0.1, 0.15) is 38.5 Å². The monoisotopic (exact) mass is 469 g/mol. The van der Waals surface area contributed by atoms with E-state index in [9.17, 15) is 14.0 Å². The van der Waals surface area contributed by atoms with E-state index in [1.807, 2.05) is 0 Å². The molecule has 9 heteroatoms. The van der Waals surface area contributed by atoms with Crippen molar-refractivity contribution >= 4 is 56.2 Å². The summed E-state index contributed by atoms with van der Waals surface area (Å²) in [7, 11) is 0. The summed E-state index contributed by atoms with van der Waals surface area (Å²) in [5.74, 6) is -0.398. The number of rotatable bonds is 5. The van der Waals surface area contributed by atoms with E-state index < -0.39 is 11.7 Å². The molecule has 0 aliphatic heterocycles. The molecule has 2 amide bonds. The number of halogens is 2. The zero-order chi connectivity index (χ0) is 22.8. The van der Waals surface area contributed by atoms with E-state index in [-0.39, 0.29) is 21.6 Å². The molecule has 4 aromatic rings. The van der Waals surface area contributed by atoms with E-state index in [1.165, 1.54) is 12.1 Å². The van der Waals surface area contributed by atoms with Gasteiger partial charge in [-0.3, -0.25) is 9.59 Å². The van der Waals surface area contributed by atoms with Crippen LogP contribution in [-0.4, -0.2) is 17.5 Å². The molecular weight excluding hydrogens is 453 g/mol. The third-order valence-electron chi connectivity index (χ3n) is 4.63. The molecule has 0 bridgehead atoms. The molecule has 162 valence electrons. The van der Waals surface area contributed by atoms with Crippen LogP contribution in [-0.2, 0) is 0 Å². The van der Waals surface area contributed by atoms with Gasteiger partial charge in [-0.05, 0) is 61.9 Å². The van der Waals surface area contributed by atoms with Crippen molar-refractivity contribution in [1.82, 2.24) is 5.43 Å². The number of carbonyl (C=O) groups excluding carboxylic acids is 2. The van der Waals surface area contributed by atoms with Gasteiger partial charge >= 0.3 is 0 Å². The molecule has 0 saturated carbocycles. The second-order valence-corrected chi connectivity index (χ2v) is 8.40. The van der Waals surface area contributed by atoms with Crippen molar-refractivity contribution in [2.24, 2.45) is 5.10 Å². The summed E-state index contributed by atoms with van der Waals surface area (Å²) in [6, 6.07) is 14.5. The van der Waals surface area contributed by atoms with Crippen molar-refractivity contribution in [3.8, 4) is 0 Å². The van der Waals surface area contributed by atoms with Gasteiger partial charge in [0.05, 0.1) is 10.7 Å². The van der Waals surface area contributed by atoms with Crippen LogP contribution in [0.3, 0.4) is 0 Å². The Labute approximate surface area is 191 Å². The molecule has 4 rings (SSSR count). The first-order valence-corrected chi connectivity index (χ1v) is 10.7. The van der Waals surface area contributed by atoms with Gasteiger partial charge in [0.15, 0.2) is 5.76 Å². The minimum Gasteiger partial charge on any atom is -0.456 e. The normalized spacial score (nSPS) is 11.6.